The topological polar surface area (TPSA) is 29.5 Å². The van der Waals surface area contributed by atoms with Gasteiger partial charge in [-0.3, -0.25) is 4.79 Å². The van der Waals surface area contributed by atoms with Crippen LogP contribution in [0.2, 0.25) is 5.02 Å². The van der Waals surface area contributed by atoms with Gasteiger partial charge in [0.1, 0.15) is 11.5 Å². The fourth-order valence-electron chi connectivity index (χ4n) is 1.99. The minimum absolute atomic E-state index is 0.117. The number of methoxy groups -OCH3 is 1. The molecule has 0 amide bonds. The van der Waals surface area contributed by atoms with Crippen molar-refractivity contribution in [3.8, 4) is 0 Å². The minimum Gasteiger partial charge on any atom is -0.468 e. The Labute approximate surface area is 128 Å². The average Bonchev–Trinajstić information content (AvgIpc) is 2.46. The van der Waals surface area contributed by atoms with E-state index in [1.54, 1.807) is 11.9 Å². The van der Waals surface area contributed by atoms with E-state index >= 15 is 0 Å². The molecule has 0 spiro atoms. The van der Waals surface area contributed by atoms with Gasteiger partial charge in [-0.25, -0.2) is 0 Å². The second-order valence-corrected chi connectivity index (χ2v) is 5.17. The van der Waals surface area contributed by atoms with Gasteiger partial charge in [0.25, 0.3) is 0 Å². The highest BCUT2D eigenvalue weighted by molar-refractivity contribution is 7.80. The number of ether oxygens (including phenoxy) is 1. The van der Waals surface area contributed by atoms with Crippen molar-refractivity contribution in [3.05, 3.63) is 47.0 Å². The molecule has 0 fully saturated rings. The van der Waals surface area contributed by atoms with E-state index in [0.717, 1.165) is 16.3 Å². The molecule has 0 saturated carbocycles. The maximum absolute atomic E-state index is 11.3. The van der Waals surface area contributed by atoms with Crippen molar-refractivity contribution in [3.63, 3.8) is 0 Å². The third kappa shape index (κ3) is 2.92. The van der Waals surface area contributed by atoms with E-state index in [-0.39, 0.29) is 12.5 Å². The summed E-state index contributed by atoms with van der Waals surface area (Å²) >= 11 is 11.6. The number of likely N-dealkylation sites (N-methyl/N-ethyl adjacent to an activating group) is 1. The quantitative estimate of drug-likeness (QED) is 0.643. The van der Waals surface area contributed by atoms with E-state index < -0.39 is 0 Å². The number of rotatable bonds is 3. The number of fused-ring (bicyclic) bond motifs is 1. The van der Waals surface area contributed by atoms with Crippen LogP contribution in [0.3, 0.4) is 0 Å². The molecule has 0 aromatic heterocycles. The Morgan fingerprint density at radius 3 is 2.60 bits per heavy atom. The van der Waals surface area contributed by atoms with Crippen molar-refractivity contribution in [2.24, 2.45) is 0 Å². The van der Waals surface area contributed by atoms with Gasteiger partial charge in [-0.1, -0.05) is 54.2 Å². The Morgan fingerprint density at radius 1 is 1.25 bits per heavy atom. The normalized spacial score (nSPS) is 10.3. The standard InChI is InChI=1S/C15H14ClNO2S/c1-17(9-14(18)19-2)15(20)12-7-3-6-11-10(12)5-4-8-13(11)16/h3-8H,9H2,1-2H3. The molecule has 5 heteroatoms. The van der Waals surface area contributed by atoms with Crippen molar-refractivity contribution in [2.45, 2.75) is 0 Å². The highest BCUT2D eigenvalue weighted by Crippen LogP contribution is 2.26. The van der Waals surface area contributed by atoms with E-state index in [2.05, 4.69) is 4.74 Å². The zero-order valence-corrected chi connectivity index (χ0v) is 12.8. The molecule has 2 rings (SSSR count). The summed E-state index contributed by atoms with van der Waals surface area (Å²) in [6.07, 6.45) is 0. The van der Waals surface area contributed by atoms with Gasteiger partial charge < -0.3 is 9.64 Å². The fourth-order valence-corrected chi connectivity index (χ4v) is 2.47. The van der Waals surface area contributed by atoms with Crippen molar-refractivity contribution in [1.29, 1.82) is 0 Å². The van der Waals surface area contributed by atoms with Crippen molar-refractivity contribution in [2.75, 3.05) is 20.7 Å². The van der Waals surface area contributed by atoms with Gasteiger partial charge in [-0.2, -0.15) is 0 Å². The molecule has 0 N–H and O–H groups in total. The lowest BCUT2D eigenvalue weighted by Crippen LogP contribution is -2.32. The van der Waals surface area contributed by atoms with Gasteiger partial charge in [-0.05, 0) is 11.5 Å². The average molecular weight is 308 g/mol. The number of hydrogen-bond donors (Lipinski definition) is 0. The number of carbonyl (C=O) groups is 1. The van der Waals surface area contributed by atoms with Gasteiger partial charge in [0.05, 0.1) is 7.11 Å². The molecular formula is C15H14ClNO2S. The molecule has 20 heavy (non-hydrogen) atoms. The second kappa shape index (κ2) is 6.20. The number of halogens is 1. The number of benzene rings is 2. The summed E-state index contributed by atoms with van der Waals surface area (Å²) in [5, 5.41) is 2.60. The molecular weight excluding hydrogens is 294 g/mol. The van der Waals surface area contributed by atoms with Crippen LogP contribution in [0.4, 0.5) is 0 Å². The summed E-state index contributed by atoms with van der Waals surface area (Å²) in [7, 11) is 3.12. The first-order chi connectivity index (χ1) is 9.54. The predicted octanol–water partition coefficient (Wildman–Crippen LogP) is 3.27. The molecule has 0 heterocycles. The van der Waals surface area contributed by atoms with Gasteiger partial charge in [0, 0.05) is 23.0 Å². The molecule has 104 valence electrons. The number of thiocarbonyl (C=S) groups is 1. The van der Waals surface area contributed by atoms with Gasteiger partial charge >= 0.3 is 5.97 Å². The zero-order valence-electron chi connectivity index (χ0n) is 11.2. The number of carbonyl (C=O) groups excluding carboxylic acids is 1. The summed E-state index contributed by atoms with van der Waals surface area (Å²) < 4.78 is 4.65. The van der Waals surface area contributed by atoms with E-state index in [9.17, 15) is 4.79 Å². The van der Waals surface area contributed by atoms with Crippen LogP contribution >= 0.6 is 23.8 Å². The molecule has 2 aromatic carbocycles. The highest BCUT2D eigenvalue weighted by Gasteiger charge is 2.14. The first kappa shape index (κ1) is 14.8. The molecule has 3 nitrogen and oxygen atoms in total. The SMILES string of the molecule is COC(=O)CN(C)C(=S)c1cccc2c(Cl)cccc12. The van der Waals surface area contributed by atoms with Gasteiger partial charge in [0.15, 0.2) is 0 Å². The predicted molar refractivity (Wildman–Crippen MR) is 85.3 cm³/mol. The molecule has 2 aromatic rings. The molecule has 0 bridgehead atoms. The first-order valence-electron chi connectivity index (χ1n) is 6.04. The Morgan fingerprint density at radius 2 is 1.90 bits per heavy atom. The van der Waals surface area contributed by atoms with Crippen LogP contribution in [0.5, 0.6) is 0 Å². The highest BCUT2D eigenvalue weighted by atomic mass is 35.5. The molecule has 0 atom stereocenters. The lowest BCUT2D eigenvalue weighted by Gasteiger charge is -2.20. The molecule has 0 radical (unpaired) electrons. The third-order valence-electron chi connectivity index (χ3n) is 3.04. The van der Waals surface area contributed by atoms with Crippen LogP contribution in [0.25, 0.3) is 10.8 Å². The van der Waals surface area contributed by atoms with E-state index in [1.165, 1.54) is 7.11 Å². The summed E-state index contributed by atoms with van der Waals surface area (Å²) in [5.41, 5.74) is 0.881. The number of hydrogen-bond acceptors (Lipinski definition) is 3. The molecule has 0 aliphatic heterocycles. The van der Waals surface area contributed by atoms with Crippen LogP contribution in [-0.4, -0.2) is 36.6 Å². The summed E-state index contributed by atoms with van der Waals surface area (Å²) in [6.45, 7) is 0.117. The van der Waals surface area contributed by atoms with Crippen molar-refractivity contribution in [1.82, 2.24) is 4.90 Å². The maximum atomic E-state index is 11.3. The van der Waals surface area contributed by atoms with E-state index in [0.29, 0.717) is 10.0 Å². The summed E-state index contributed by atoms with van der Waals surface area (Å²) in [6, 6.07) is 11.5. The van der Waals surface area contributed by atoms with Crippen molar-refractivity contribution >= 4 is 45.5 Å². The molecule has 0 saturated heterocycles. The van der Waals surface area contributed by atoms with Gasteiger partial charge in [0.2, 0.25) is 0 Å². The van der Waals surface area contributed by atoms with Crippen LogP contribution in [0, 0.1) is 0 Å². The monoisotopic (exact) mass is 307 g/mol. The Kier molecular flexibility index (Phi) is 4.57. The van der Waals surface area contributed by atoms with E-state index in [4.69, 9.17) is 23.8 Å². The molecule has 0 unspecified atom stereocenters. The molecule has 0 aliphatic rings. The Balaban J connectivity index is 2.40. The van der Waals surface area contributed by atoms with Crippen molar-refractivity contribution < 1.29 is 9.53 Å². The van der Waals surface area contributed by atoms with E-state index in [1.807, 2.05) is 36.4 Å². The largest absolute Gasteiger partial charge is 0.468 e. The lowest BCUT2D eigenvalue weighted by atomic mass is 10.0. The van der Waals surface area contributed by atoms with Gasteiger partial charge in [-0.15, -0.1) is 0 Å². The minimum atomic E-state index is -0.326. The number of esters is 1. The van der Waals surface area contributed by atoms with Crippen LogP contribution in [0.15, 0.2) is 36.4 Å². The Hall–Kier alpha value is -1.65. The Bertz CT molecular complexity index is 672. The third-order valence-corrected chi connectivity index (χ3v) is 3.90. The number of nitrogens with zero attached hydrogens (tertiary/aromatic N) is 1. The maximum Gasteiger partial charge on any atom is 0.325 e. The van der Waals surface area contributed by atoms with Crippen LogP contribution in [0.1, 0.15) is 5.56 Å². The molecule has 0 aliphatic carbocycles. The summed E-state index contributed by atoms with van der Waals surface area (Å²) in [5.74, 6) is -0.326. The van der Waals surface area contributed by atoms with Crippen LogP contribution in [-0.2, 0) is 9.53 Å². The summed E-state index contributed by atoms with van der Waals surface area (Å²) in [4.78, 5) is 13.6. The second-order valence-electron chi connectivity index (χ2n) is 4.38. The fraction of sp³-hybridized carbons (Fsp3) is 0.200. The van der Waals surface area contributed by atoms with Crippen LogP contribution < -0.4 is 0 Å². The first-order valence-corrected chi connectivity index (χ1v) is 6.82. The lowest BCUT2D eigenvalue weighted by molar-refractivity contribution is -0.140. The smallest absolute Gasteiger partial charge is 0.325 e. The zero-order chi connectivity index (χ0) is 14.7.